The summed E-state index contributed by atoms with van der Waals surface area (Å²) in [7, 11) is 0. The Morgan fingerprint density at radius 2 is 1.91 bits per heavy atom. The molecule has 180 valence electrons. The quantitative estimate of drug-likeness (QED) is 0.328. The monoisotopic (exact) mass is 457 g/mol. The minimum absolute atomic E-state index is 0.0649. The van der Waals surface area contributed by atoms with E-state index >= 15 is 0 Å². The van der Waals surface area contributed by atoms with Crippen molar-refractivity contribution in [2.75, 3.05) is 13.2 Å². The summed E-state index contributed by atoms with van der Waals surface area (Å²) in [5.74, 6) is -1.25. The average Bonchev–Trinajstić information content (AvgIpc) is 3.16. The number of benzene rings is 1. The zero-order valence-corrected chi connectivity index (χ0v) is 19.6. The molecule has 0 spiro atoms. The van der Waals surface area contributed by atoms with E-state index < -0.39 is 18.1 Å². The summed E-state index contributed by atoms with van der Waals surface area (Å²) >= 11 is 0. The lowest BCUT2D eigenvalue weighted by atomic mass is 9.97. The molecule has 3 N–H and O–H groups in total. The zero-order chi connectivity index (χ0) is 24.2. The van der Waals surface area contributed by atoms with Gasteiger partial charge in [-0.25, -0.2) is 4.79 Å². The van der Waals surface area contributed by atoms with Crippen LogP contribution in [0.15, 0.2) is 42.5 Å². The van der Waals surface area contributed by atoms with E-state index in [0.29, 0.717) is 32.2 Å². The molecule has 8 nitrogen and oxygen atoms in total. The Bertz CT molecular complexity index is 838. The number of amides is 3. The van der Waals surface area contributed by atoms with Gasteiger partial charge in [-0.05, 0) is 31.2 Å². The SMILES string of the molecule is CCOC(=O)C=CC(CC1CCNC1=O)NC(=O)C(Cc1ccccc1)NC(=O)CC(C)C. The van der Waals surface area contributed by atoms with E-state index in [1.165, 1.54) is 6.08 Å². The predicted octanol–water partition coefficient (Wildman–Crippen LogP) is 1.89. The molecule has 0 saturated carbocycles. The standard InChI is InChI=1S/C25H35N3O5/c1-4-33-23(30)11-10-20(16-19-12-13-26-24(19)31)27-25(32)21(28-22(29)14-17(2)3)15-18-8-6-5-7-9-18/h5-11,17,19-21H,4,12-16H2,1-3H3,(H,26,31)(H,27,32)(H,28,29). The van der Waals surface area contributed by atoms with Crippen molar-refractivity contribution in [2.24, 2.45) is 11.8 Å². The molecular formula is C25H35N3O5. The molecule has 1 saturated heterocycles. The van der Waals surface area contributed by atoms with Crippen molar-refractivity contribution in [2.45, 2.75) is 58.5 Å². The van der Waals surface area contributed by atoms with Gasteiger partial charge >= 0.3 is 5.97 Å². The maximum absolute atomic E-state index is 13.2. The zero-order valence-electron chi connectivity index (χ0n) is 19.6. The summed E-state index contributed by atoms with van der Waals surface area (Å²) < 4.78 is 4.93. The third-order valence-corrected chi connectivity index (χ3v) is 5.31. The first-order valence-electron chi connectivity index (χ1n) is 11.5. The van der Waals surface area contributed by atoms with Crippen LogP contribution in [0.3, 0.4) is 0 Å². The van der Waals surface area contributed by atoms with E-state index in [9.17, 15) is 19.2 Å². The highest BCUT2D eigenvalue weighted by Gasteiger charge is 2.29. The van der Waals surface area contributed by atoms with Crippen LogP contribution in [0.2, 0.25) is 0 Å². The van der Waals surface area contributed by atoms with Crippen LogP contribution in [0.4, 0.5) is 0 Å². The molecule has 1 heterocycles. The van der Waals surface area contributed by atoms with Crippen LogP contribution in [0.25, 0.3) is 0 Å². The summed E-state index contributed by atoms with van der Waals surface area (Å²) in [5.41, 5.74) is 0.913. The van der Waals surface area contributed by atoms with Crippen molar-refractivity contribution >= 4 is 23.7 Å². The number of ether oxygens (including phenoxy) is 1. The molecule has 33 heavy (non-hydrogen) atoms. The second-order valence-electron chi connectivity index (χ2n) is 8.65. The second kappa shape index (κ2) is 13.4. The van der Waals surface area contributed by atoms with Crippen molar-refractivity contribution in [3.8, 4) is 0 Å². The second-order valence-corrected chi connectivity index (χ2v) is 8.65. The summed E-state index contributed by atoms with van der Waals surface area (Å²) in [6.45, 7) is 6.42. The van der Waals surface area contributed by atoms with Gasteiger partial charge < -0.3 is 20.7 Å². The number of carbonyl (C=O) groups is 4. The van der Waals surface area contributed by atoms with Crippen LogP contribution in [-0.2, 0) is 30.3 Å². The molecule has 2 rings (SSSR count). The molecule has 0 radical (unpaired) electrons. The Balaban J connectivity index is 2.16. The number of rotatable bonds is 12. The molecule has 1 fully saturated rings. The molecule has 3 amide bonds. The molecule has 3 atom stereocenters. The third-order valence-electron chi connectivity index (χ3n) is 5.31. The highest BCUT2D eigenvalue weighted by atomic mass is 16.5. The maximum Gasteiger partial charge on any atom is 0.330 e. The van der Waals surface area contributed by atoms with E-state index in [1.54, 1.807) is 13.0 Å². The average molecular weight is 458 g/mol. The van der Waals surface area contributed by atoms with Crippen LogP contribution in [-0.4, -0.2) is 48.9 Å². The summed E-state index contributed by atoms with van der Waals surface area (Å²) in [6.07, 6.45) is 4.48. The van der Waals surface area contributed by atoms with E-state index in [0.717, 1.165) is 5.56 Å². The third kappa shape index (κ3) is 9.47. The van der Waals surface area contributed by atoms with Crippen LogP contribution in [0.5, 0.6) is 0 Å². The first-order valence-corrected chi connectivity index (χ1v) is 11.5. The number of carbonyl (C=O) groups excluding carboxylic acids is 4. The van der Waals surface area contributed by atoms with E-state index in [4.69, 9.17) is 4.74 Å². The number of hydrogen-bond donors (Lipinski definition) is 3. The summed E-state index contributed by atoms with van der Waals surface area (Å²) in [4.78, 5) is 49.5. The molecule has 0 aliphatic carbocycles. The highest BCUT2D eigenvalue weighted by molar-refractivity contribution is 5.88. The van der Waals surface area contributed by atoms with Gasteiger partial charge in [-0.1, -0.05) is 50.3 Å². The number of hydrogen-bond acceptors (Lipinski definition) is 5. The van der Waals surface area contributed by atoms with Crippen molar-refractivity contribution < 1.29 is 23.9 Å². The van der Waals surface area contributed by atoms with Crippen LogP contribution in [0.1, 0.15) is 45.6 Å². The Hall–Kier alpha value is -3.16. The molecule has 1 aromatic carbocycles. The normalized spacial score (nSPS) is 17.5. The first-order chi connectivity index (χ1) is 15.8. The first kappa shape index (κ1) is 26.1. The lowest BCUT2D eigenvalue weighted by molar-refractivity contribution is -0.137. The largest absolute Gasteiger partial charge is 0.463 e. The lowest BCUT2D eigenvalue weighted by Crippen LogP contribution is -2.51. The Kier molecular flexibility index (Phi) is 10.6. The molecule has 0 bridgehead atoms. The van der Waals surface area contributed by atoms with Gasteiger partial charge in [-0.15, -0.1) is 0 Å². The van der Waals surface area contributed by atoms with Gasteiger partial charge in [0, 0.05) is 37.4 Å². The molecule has 3 unspecified atom stereocenters. The van der Waals surface area contributed by atoms with Crippen LogP contribution >= 0.6 is 0 Å². The van der Waals surface area contributed by atoms with Crippen molar-refractivity contribution in [3.63, 3.8) is 0 Å². The smallest absolute Gasteiger partial charge is 0.330 e. The van der Waals surface area contributed by atoms with Crippen LogP contribution < -0.4 is 16.0 Å². The van der Waals surface area contributed by atoms with Gasteiger partial charge in [-0.2, -0.15) is 0 Å². The van der Waals surface area contributed by atoms with Gasteiger partial charge in [0.25, 0.3) is 0 Å². The van der Waals surface area contributed by atoms with Gasteiger partial charge in [0.1, 0.15) is 6.04 Å². The minimum Gasteiger partial charge on any atom is -0.463 e. The summed E-state index contributed by atoms with van der Waals surface area (Å²) in [5, 5.41) is 8.55. The molecular weight excluding hydrogens is 422 g/mol. The molecule has 0 aromatic heterocycles. The summed E-state index contributed by atoms with van der Waals surface area (Å²) in [6, 6.07) is 8.10. The van der Waals surface area contributed by atoms with E-state index in [1.807, 2.05) is 44.2 Å². The van der Waals surface area contributed by atoms with Crippen LogP contribution in [0, 0.1) is 11.8 Å². The Morgan fingerprint density at radius 3 is 2.52 bits per heavy atom. The number of esters is 1. The van der Waals surface area contributed by atoms with Gasteiger partial charge in [0.05, 0.1) is 6.61 Å². The Morgan fingerprint density at radius 1 is 1.18 bits per heavy atom. The fraction of sp³-hybridized carbons (Fsp3) is 0.520. The molecule has 1 aliphatic heterocycles. The molecule has 8 heteroatoms. The van der Waals surface area contributed by atoms with E-state index in [2.05, 4.69) is 16.0 Å². The number of nitrogens with one attached hydrogen (secondary N) is 3. The van der Waals surface area contributed by atoms with Gasteiger partial charge in [0.2, 0.25) is 17.7 Å². The van der Waals surface area contributed by atoms with Crippen molar-refractivity contribution in [3.05, 3.63) is 48.0 Å². The van der Waals surface area contributed by atoms with Gasteiger partial charge in [0.15, 0.2) is 0 Å². The topological polar surface area (TPSA) is 114 Å². The maximum atomic E-state index is 13.2. The fourth-order valence-corrected chi connectivity index (χ4v) is 3.71. The highest BCUT2D eigenvalue weighted by Crippen LogP contribution is 2.17. The lowest BCUT2D eigenvalue weighted by Gasteiger charge is -2.23. The van der Waals surface area contributed by atoms with Crippen molar-refractivity contribution in [1.82, 2.24) is 16.0 Å². The molecule has 1 aromatic rings. The predicted molar refractivity (Wildman–Crippen MR) is 125 cm³/mol. The fourth-order valence-electron chi connectivity index (χ4n) is 3.71. The minimum atomic E-state index is -0.783. The van der Waals surface area contributed by atoms with Gasteiger partial charge in [-0.3, -0.25) is 14.4 Å². The Labute approximate surface area is 195 Å². The van der Waals surface area contributed by atoms with Crippen molar-refractivity contribution in [1.29, 1.82) is 0 Å². The van der Waals surface area contributed by atoms with E-state index in [-0.39, 0.29) is 36.2 Å². The molecule has 1 aliphatic rings.